The summed E-state index contributed by atoms with van der Waals surface area (Å²) in [6, 6.07) is 0. The van der Waals surface area contributed by atoms with E-state index >= 15 is 0 Å². The molecule has 21 heavy (non-hydrogen) atoms. The van der Waals surface area contributed by atoms with Gasteiger partial charge in [-0.1, -0.05) is 27.7 Å². The van der Waals surface area contributed by atoms with Crippen molar-refractivity contribution >= 4 is 11.9 Å². The van der Waals surface area contributed by atoms with Crippen molar-refractivity contribution in [3.63, 3.8) is 0 Å². The first kappa shape index (κ1) is 25.5. The van der Waals surface area contributed by atoms with Crippen molar-refractivity contribution in [3.8, 4) is 0 Å². The maximum atomic E-state index is 10.6. The Morgan fingerprint density at radius 3 is 1.24 bits per heavy atom. The molecule has 0 fully saturated rings. The zero-order chi connectivity index (χ0) is 15.6. The summed E-state index contributed by atoms with van der Waals surface area (Å²) in [6.45, 7) is 8.70. The van der Waals surface area contributed by atoms with Crippen LogP contribution in [0.2, 0.25) is 0 Å². The Balaban J connectivity index is -0.000000295. The van der Waals surface area contributed by atoms with Crippen LogP contribution < -0.4 is 0 Å². The second kappa shape index (κ2) is 21.9. The summed E-state index contributed by atoms with van der Waals surface area (Å²) in [5, 5.41) is 0. The van der Waals surface area contributed by atoms with E-state index in [1.165, 1.54) is 0 Å². The molecule has 0 N–H and O–H groups in total. The molecule has 0 aliphatic heterocycles. The van der Waals surface area contributed by atoms with Gasteiger partial charge in [-0.2, -0.15) is 9.78 Å². The zero-order valence-electron chi connectivity index (χ0n) is 13.6. The van der Waals surface area contributed by atoms with E-state index in [0.717, 1.165) is 25.7 Å². The molecular formula is C14H28O6Ti. The molecule has 0 radical (unpaired) electrons. The van der Waals surface area contributed by atoms with Crippen LogP contribution in [-0.2, 0) is 50.9 Å². The molecule has 0 heterocycles. The normalized spacial score (nSPS) is 8.95. The van der Waals surface area contributed by atoms with Crippen molar-refractivity contribution in [2.45, 2.75) is 66.2 Å². The van der Waals surface area contributed by atoms with Gasteiger partial charge < -0.3 is 0 Å². The third kappa shape index (κ3) is 24.9. The minimum Gasteiger partial charge on any atom is -0.298 e. The van der Waals surface area contributed by atoms with Gasteiger partial charge in [-0.15, -0.1) is 0 Å². The molecule has 0 aromatic heterocycles. The van der Waals surface area contributed by atoms with E-state index in [0.29, 0.717) is 26.1 Å². The van der Waals surface area contributed by atoms with Crippen molar-refractivity contribution in [3.05, 3.63) is 0 Å². The van der Waals surface area contributed by atoms with Crippen LogP contribution in [0.5, 0.6) is 0 Å². The molecule has 0 aliphatic carbocycles. The SMILES string of the molecule is CCCOOC(=O)CCC.CCCOOC(=O)CCC.[Ti]. The van der Waals surface area contributed by atoms with Crippen LogP contribution in [0.1, 0.15) is 66.2 Å². The first-order chi connectivity index (χ1) is 9.62. The molecule has 0 saturated carbocycles. The Labute approximate surface area is 142 Å². The fraction of sp³-hybridized carbons (Fsp3) is 0.857. The molecule has 0 rings (SSSR count). The Morgan fingerprint density at radius 1 is 0.667 bits per heavy atom. The minimum atomic E-state index is -0.282. The largest absolute Gasteiger partial charge is 0.342 e. The van der Waals surface area contributed by atoms with Crippen LogP contribution in [0.3, 0.4) is 0 Å². The molecule has 0 aromatic rings. The van der Waals surface area contributed by atoms with Crippen LogP contribution >= 0.6 is 0 Å². The van der Waals surface area contributed by atoms with Crippen molar-refractivity contribution in [2.24, 2.45) is 0 Å². The molecule has 0 bridgehead atoms. The fourth-order valence-electron chi connectivity index (χ4n) is 0.873. The molecule has 124 valence electrons. The first-order valence-electron chi connectivity index (χ1n) is 7.26. The summed E-state index contributed by atoms with van der Waals surface area (Å²) >= 11 is 0. The summed E-state index contributed by atoms with van der Waals surface area (Å²) in [7, 11) is 0. The average Bonchev–Trinajstić information content (AvgIpc) is 2.41. The van der Waals surface area contributed by atoms with Gasteiger partial charge in [0, 0.05) is 34.6 Å². The second-order valence-corrected chi connectivity index (χ2v) is 4.05. The van der Waals surface area contributed by atoms with E-state index in [9.17, 15) is 9.59 Å². The predicted molar refractivity (Wildman–Crippen MR) is 74.5 cm³/mol. The standard InChI is InChI=1S/2C7H14O3.Ti/c2*1-3-5-7(8)10-9-6-4-2;/h2*3-6H2,1-2H3;. The molecule has 0 atom stereocenters. The summed E-state index contributed by atoms with van der Waals surface area (Å²) < 4.78 is 0. The Kier molecular flexibility index (Phi) is 26.6. The van der Waals surface area contributed by atoms with E-state index in [2.05, 4.69) is 19.6 Å². The van der Waals surface area contributed by atoms with E-state index < -0.39 is 0 Å². The predicted octanol–water partition coefficient (Wildman–Crippen LogP) is 3.34. The molecule has 0 unspecified atom stereocenters. The van der Waals surface area contributed by atoms with Gasteiger partial charge in [0.15, 0.2) is 0 Å². The van der Waals surface area contributed by atoms with Crippen molar-refractivity contribution in [1.82, 2.24) is 0 Å². The first-order valence-corrected chi connectivity index (χ1v) is 7.26. The number of carbonyl (C=O) groups is 2. The number of hydrogen-bond donors (Lipinski definition) is 0. The summed E-state index contributed by atoms with van der Waals surface area (Å²) in [6.07, 6.45) is 4.19. The van der Waals surface area contributed by atoms with Crippen LogP contribution in [0.15, 0.2) is 0 Å². The number of carbonyl (C=O) groups excluding carboxylic acids is 2. The number of rotatable bonds is 10. The molecule has 0 aliphatic rings. The molecular weight excluding hydrogens is 312 g/mol. The van der Waals surface area contributed by atoms with Crippen LogP contribution in [0.25, 0.3) is 0 Å². The molecule has 0 spiro atoms. The Bertz CT molecular complexity index is 212. The third-order valence-corrected chi connectivity index (χ3v) is 1.79. The molecule has 0 saturated heterocycles. The van der Waals surface area contributed by atoms with Gasteiger partial charge in [-0.3, -0.25) is 9.78 Å². The van der Waals surface area contributed by atoms with Gasteiger partial charge in [0.05, 0.1) is 13.2 Å². The van der Waals surface area contributed by atoms with Gasteiger partial charge >= 0.3 is 11.9 Å². The van der Waals surface area contributed by atoms with Gasteiger partial charge in [-0.25, -0.2) is 9.59 Å². The van der Waals surface area contributed by atoms with Crippen LogP contribution in [0, 0.1) is 0 Å². The van der Waals surface area contributed by atoms with Crippen molar-refractivity contribution in [1.29, 1.82) is 0 Å². The number of hydrogen-bond acceptors (Lipinski definition) is 6. The van der Waals surface area contributed by atoms with Gasteiger partial charge in [-0.05, 0) is 25.7 Å². The molecule has 0 amide bonds. The quantitative estimate of drug-likeness (QED) is 0.263. The van der Waals surface area contributed by atoms with Gasteiger partial charge in [0.2, 0.25) is 0 Å². The Hall–Kier alpha value is -0.426. The molecule has 6 nitrogen and oxygen atoms in total. The van der Waals surface area contributed by atoms with E-state index in [1.54, 1.807) is 0 Å². The van der Waals surface area contributed by atoms with Crippen molar-refractivity contribution < 1.29 is 50.9 Å². The monoisotopic (exact) mass is 340 g/mol. The van der Waals surface area contributed by atoms with Crippen LogP contribution in [0.4, 0.5) is 0 Å². The minimum absolute atomic E-state index is 0. The topological polar surface area (TPSA) is 71.1 Å². The summed E-state index contributed by atoms with van der Waals surface area (Å²) in [5.41, 5.74) is 0. The maximum Gasteiger partial charge on any atom is 0.342 e. The molecule has 7 heteroatoms. The maximum absolute atomic E-state index is 10.6. The third-order valence-electron chi connectivity index (χ3n) is 1.79. The summed E-state index contributed by atoms with van der Waals surface area (Å²) in [4.78, 5) is 39.0. The Morgan fingerprint density at radius 2 is 1.00 bits per heavy atom. The second-order valence-electron chi connectivity index (χ2n) is 4.05. The molecule has 0 aromatic carbocycles. The van der Waals surface area contributed by atoms with E-state index in [4.69, 9.17) is 0 Å². The van der Waals surface area contributed by atoms with E-state index in [-0.39, 0.29) is 33.7 Å². The van der Waals surface area contributed by atoms with Crippen molar-refractivity contribution in [2.75, 3.05) is 13.2 Å². The summed E-state index contributed by atoms with van der Waals surface area (Å²) in [5.74, 6) is -0.563. The fourth-order valence-corrected chi connectivity index (χ4v) is 0.873. The van der Waals surface area contributed by atoms with Gasteiger partial charge in [0.25, 0.3) is 0 Å². The zero-order valence-corrected chi connectivity index (χ0v) is 15.2. The smallest absolute Gasteiger partial charge is 0.298 e. The van der Waals surface area contributed by atoms with Crippen LogP contribution in [-0.4, -0.2) is 25.2 Å². The van der Waals surface area contributed by atoms with E-state index in [1.807, 2.05) is 27.7 Å². The van der Waals surface area contributed by atoms with Gasteiger partial charge in [0.1, 0.15) is 0 Å². The average molecular weight is 340 g/mol.